The third-order valence-electron chi connectivity index (χ3n) is 3.39. The summed E-state index contributed by atoms with van der Waals surface area (Å²) in [5.74, 6) is 0. The highest BCUT2D eigenvalue weighted by atomic mass is 32.1. The molecule has 0 spiro atoms. The molecular formula is C13H18N4S. The third kappa shape index (κ3) is 2.47. The van der Waals surface area contributed by atoms with Crippen molar-refractivity contribution in [2.45, 2.75) is 38.8 Å². The summed E-state index contributed by atoms with van der Waals surface area (Å²) in [7, 11) is 0. The Balaban J connectivity index is 1.67. The highest BCUT2D eigenvalue weighted by Crippen LogP contribution is 2.23. The van der Waals surface area contributed by atoms with E-state index in [1.54, 1.807) is 11.3 Å². The van der Waals surface area contributed by atoms with Gasteiger partial charge in [-0.2, -0.15) is 0 Å². The first-order chi connectivity index (χ1) is 8.83. The van der Waals surface area contributed by atoms with Crippen LogP contribution in [-0.2, 0) is 13.0 Å². The number of aryl methyl sites for hydroxylation is 3. The van der Waals surface area contributed by atoms with Crippen LogP contribution in [0.15, 0.2) is 17.9 Å². The number of nitrogens with zero attached hydrogens (tertiary/aromatic N) is 3. The maximum Gasteiger partial charge on any atom is 0.0948 e. The zero-order valence-corrected chi connectivity index (χ0v) is 11.4. The van der Waals surface area contributed by atoms with Crippen molar-refractivity contribution in [3.63, 3.8) is 0 Å². The van der Waals surface area contributed by atoms with Crippen molar-refractivity contribution < 1.29 is 0 Å². The van der Waals surface area contributed by atoms with Crippen molar-refractivity contribution in [1.29, 1.82) is 0 Å². The van der Waals surface area contributed by atoms with Crippen LogP contribution in [0.4, 0.5) is 0 Å². The lowest BCUT2D eigenvalue weighted by Gasteiger charge is -2.13. The van der Waals surface area contributed by atoms with Gasteiger partial charge < -0.3 is 9.88 Å². The fraction of sp³-hybridized carbons (Fsp3) is 0.538. The topological polar surface area (TPSA) is 42.7 Å². The first-order valence-electron chi connectivity index (χ1n) is 6.47. The summed E-state index contributed by atoms with van der Waals surface area (Å²) < 4.78 is 2.26. The number of hydrogen-bond acceptors (Lipinski definition) is 4. The molecule has 1 atom stereocenters. The molecule has 1 saturated heterocycles. The molecule has 96 valence electrons. The lowest BCUT2D eigenvalue weighted by atomic mass is 10.2. The molecule has 1 aliphatic rings. The summed E-state index contributed by atoms with van der Waals surface area (Å²) in [5.41, 5.74) is 2.44. The molecule has 1 N–H and O–H groups in total. The van der Waals surface area contributed by atoms with Gasteiger partial charge in [0.2, 0.25) is 0 Å². The Bertz CT molecular complexity index is 511. The summed E-state index contributed by atoms with van der Waals surface area (Å²) in [5, 5.41) is 6.86. The van der Waals surface area contributed by atoms with Crippen molar-refractivity contribution in [3.05, 3.63) is 34.3 Å². The average Bonchev–Trinajstić information content (AvgIpc) is 3.07. The quantitative estimate of drug-likeness (QED) is 0.919. The van der Waals surface area contributed by atoms with Gasteiger partial charge in [-0.05, 0) is 26.3 Å². The molecule has 0 unspecified atom stereocenters. The van der Waals surface area contributed by atoms with Crippen LogP contribution < -0.4 is 5.32 Å². The molecule has 2 aromatic rings. The van der Waals surface area contributed by atoms with Crippen LogP contribution in [0.1, 0.15) is 35.3 Å². The second-order valence-electron chi connectivity index (χ2n) is 4.79. The Morgan fingerprint density at radius 1 is 1.56 bits per heavy atom. The van der Waals surface area contributed by atoms with E-state index in [1.165, 1.54) is 23.5 Å². The van der Waals surface area contributed by atoms with E-state index < -0.39 is 0 Å². The van der Waals surface area contributed by atoms with Crippen molar-refractivity contribution in [2.75, 3.05) is 6.54 Å². The highest BCUT2D eigenvalue weighted by Gasteiger charge is 2.19. The SMILES string of the molecule is Cc1csc(CCn2cncc2[C@@H]2CCCN2)n1. The lowest BCUT2D eigenvalue weighted by Crippen LogP contribution is -2.17. The summed E-state index contributed by atoms with van der Waals surface area (Å²) in [6.45, 7) is 4.15. The van der Waals surface area contributed by atoms with Crippen LogP contribution in [0.2, 0.25) is 0 Å². The van der Waals surface area contributed by atoms with Crippen LogP contribution in [-0.4, -0.2) is 21.1 Å². The van der Waals surface area contributed by atoms with Crippen LogP contribution >= 0.6 is 11.3 Å². The largest absolute Gasteiger partial charge is 0.333 e. The molecule has 1 fully saturated rings. The Hall–Kier alpha value is -1.20. The first-order valence-corrected chi connectivity index (χ1v) is 7.35. The van der Waals surface area contributed by atoms with Gasteiger partial charge in [0.1, 0.15) is 0 Å². The smallest absolute Gasteiger partial charge is 0.0948 e. The molecule has 2 aromatic heterocycles. The third-order valence-corrected chi connectivity index (χ3v) is 4.42. The van der Waals surface area contributed by atoms with Gasteiger partial charge in [0.15, 0.2) is 0 Å². The van der Waals surface area contributed by atoms with E-state index in [-0.39, 0.29) is 0 Å². The van der Waals surface area contributed by atoms with E-state index in [0.29, 0.717) is 6.04 Å². The highest BCUT2D eigenvalue weighted by molar-refractivity contribution is 7.09. The molecule has 0 radical (unpaired) electrons. The first kappa shape index (κ1) is 11.9. The summed E-state index contributed by atoms with van der Waals surface area (Å²) in [6.07, 6.45) is 7.42. The number of aromatic nitrogens is 3. The normalized spacial score (nSPS) is 19.5. The Labute approximate surface area is 111 Å². The molecule has 4 nitrogen and oxygen atoms in total. The van der Waals surface area contributed by atoms with E-state index in [2.05, 4.69) is 25.2 Å². The molecule has 3 rings (SSSR count). The van der Waals surface area contributed by atoms with Crippen LogP contribution in [0.25, 0.3) is 0 Å². The fourth-order valence-electron chi connectivity index (χ4n) is 2.48. The molecule has 0 aliphatic carbocycles. The van der Waals surface area contributed by atoms with Gasteiger partial charge >= 0.3 is 0 Å². The van der Waals surface area contributed by atoms with Gasteiger partial charge in [0.25, 0.3) is 0 Å². The zero-order chi connectivity index (χ0) is 12.4. The Morgan fingerprint density at radius 3 is 3.22 bits per heavy atom. The molecule has 18 heavy (non-hydrogen) atoms. The molecule has 0 bridgehead atoms. The van der Waals surface area contributed by atoms with E-state index in [1.807, 2.05) is 19.4 Å². The average molecular weight is 262 g/mol. The van der Waals surface area contributed by atoms with E-state index in [4.69, 9.17) is 0 Å². The van der Waals surface area contributed by atoms with Gasteiger partial charge in [0, 0.05) is 36.3 Å². The van der Waals surface area contributed by atoms with Gasteiger partial charge in [-0.25, -0.2) is 9.97 Å². The maximum absolute atomic E-state index is 4.51. The fourth-order valence-corrected chi connectivity index (χ4v) is 3.24. The van der Waals surface area contributed by atoms with Crippen LogP contribution in [0.5, 0.6) is 0 Å². The van der Waals surface area contributed by atoms with Gasteiger partial charge in [-0.3, -0.25) is 0 Å². The van der Waals surface area contributed by atoms with Crippen LogP contribution in [0, 0.1) is 6.92 Å². The van der Waals surface area contributed by atoms with E-state index in [9.17, 15) is 0 Å². The van der Waals surface area contributed by atoms with Crippen molar-refractivity contribution in [3.8, 4) is 0 Å². The van der Waals surface area contributed by atoms with Gasteiger partial charge in [-0.15, -0.1) is 11.3 Å². The van der Waals surface area contributed by atoms with Crippen molar-refractivity contribution >= 4 is 11.3 Å². The number of rotatable bonds is 4. The molecule has 0 aromatic carbocycles. The molecule has 3 heterocycles. The minimum Gasteiger partial charge on any atom is -0.333 e. The van der Waals surface area contributed by atoms with Crippen molar-refractivity contribution in [2.24, 2.45) is 0 Å². The molecular weight excluding hydrogens is 244 g/mol. The second kappa shape index (κ2) is 5.20. The number of thiazole rings is 1. The lowest BCUT2D eigenvalue weighted by molar-refractivity contribution is 0.562. The number of hydrogen-bond donors (Lipinski definition) is 1. The number of imidazole rings is 1. The predicted octanol–water partition coefficient (Wildman–Crippen LogP) is 2.32. The second-order valence-corrected chi connectivity index (χ2v) is 5.74. The predicted molar refractivity (Wildman–Crippen MR) is 72.8 cm³/mol. The minimum atomic E-state index is 0.491. The van der Waals surface area contributed by atoms with E-state index in [0.717, 1.165) is 25.2 Å². The number of nitrogens with one attached hydrogen (secondary N) is 1. The van der Waals surface area contributed by atoms with Crippen LogP contribution in [0.3, 0.4) is 0 Å². The molecule has 1 aliphatic heterocycles. The standard InChI is InChI=1S/C13H18N4S/c1-10-8-18-13(16-10)4-6-17-9-14-7-12(17)11-3-2-5-15-11/h7-9,11,15H,2-6H2,1H3/t11-/m0/s1. The Morgan fingerprint density at radius 2 is 2.50 bits per heavy atom. The minimum absolute atomic E-state index is 0.491. The summed E-state index contributed by atoms with van der Waals surface area (Å²) in [6, 6.07) is 0.491. The summed E-state index contributed by atoms with van der Waals surface area (Å²) >= 11 is 1.75. The zero-order valence-electron chi connectivity index (χ0n) is 10.6. The van der Waals surface area contributed by atoms with Gasteiger partial charge in [0.05, 0.1) is 17.0 Å². The Kier molecular flexibility index (Phi) is 3.43. The summed E-state index contributed by atoms with van der Waals surface area (Å²) in [4.78, 5) is 8.80. The maximum atomic E-state index is 4.51. The molecule has 0 amide bonds. The monoisotopic (exact) mass is 262 g/mol. The van der Waals surface area contributed by atoms with E-state index >= 15 is 0 Å². The van der Waals surface area contributed by atoms with Gasteiger partial charge in [-0.1, -0.05) is 0 Å². The molecule has 0 saturated carbocycles. The van der Waals surface area contributed by atoms with Crippen molar-refractivity contribution in [1.82, 2.24) is 19.9 Å². The molecule has 5 heteroatoms.